The number of piperidine rings is 1. The molecule has 0 saturated carbocycles. The zero-order valence-corrected chi connectivity index (χ0v) is 20.4. The Labute approximate surface area is 198 Å². The van der Waals surface area contributed by atoms with Gasteiger partial charge in [0.15, 0.2) is 5.13 Å². The van der Waals surface area contributed by atoms with Crippen molar-refractivity contribution in [3.8, 4) is 5.75 Å². The lowest BCUT2D eigenvalue weighted by molar-refractivity contribution is -0.137. The molecule has 33 heavy (non-hydrogen) atoms. The smallest absolute Gasteiger partial charge is 0.251 e. The van der Waals surface area contributed by atoms with E-state index in [4.69, 9.17) is 4.74 Å². The Morgan fingerprint density at radius 1 is 1.18 bits per heavy atom. The standard InChI is InChI=1S/C24H32N4O4S/c1-5-32-19-8-6-17(7-9-19)21(29)26-20(15(2)3)23(31)28-12-10-18(11-13-28)22(30)27-24-25-16(4)14-33-24/h6-9,14-15,18,20H,5,10-13H2,1-4H3,(H,26,29)(H,25,27,30). The van der Waals surface area contributed by atoms with E-state index < -0.39 is 6.04 Å². The van der Waals surface area contributed by atoms with Gasteiger partial charge < -0.3 is 20.3 Å². The molecule has 1 saturated heterocycles. The van der Waals surface area contributed by atoms with Gasteiger partial charge in [0.25, 0.3) is 5.91 Å². The van der Waals surface area contributed by atoms with Crippen molar-refractivity contribution >= 4 is 34.2 Å². The summed E-state index contributed by atoms with van der Waals surface area (Å²) < 4.78 is 5.41. The minimum atomic E-state index is -0.632. The van der Waals surface area contributed by atoms with Crippen molar-refractivity contribution in [2.24, 2.45) is 11.8 Å². The van der Waals surface area contributed by atoms with E-state index in [1.807, 2.05) is 33.1 Å². The number of hydrogen-bond acceptors (Lipinski definition) is 6. The van der Waals surface area contributed by atoms with E-state index in [1.54, 1.807) is 29.2 Å². The fourth-order valence-corrected chi connectivity index (χ4v) is 4.48. The molecule has 0 radical (unpaired) electrons. The molecule has 1 aromatic heterocycles. The highest BCUT2D eigenvalue weighted by atomic mass is 32.1. The van der Waals surface area contributed by atoms with Gasteiger partial charge in [0.1, 0.15) is 11.8 Å². The molecule has 1 aliphatic heterocycles. The molecule has 3 rings (SSSR count). The first-order chi connectivity index (χ1) is 15.8. The summed E-state index contributed by atoms with van der Waals surface area (Å²) in [6.45, 7) is 9.13. The van der Waals surface area contributed by atoms with Crippen LogP contribution in [-0.2, 0) is 9.59 Å². The van der Waals surface area contributed by atoms with Gasteiger partial charge in [-0.15, -0.1) is 11.3 Å². The van der Waals surface area contributed by atoms with Crippen molar-refractivity contribution in [3.05, 3.63) is 40.9 Å². The van der Waals surface area contributed by atoms with Crippen LogP contribution in [0.1, 0.15) is 49.7 Å². The number of carbonyl (C=O) groups is 3. The maximum absolute atomic E-state index is 13.2. The molecule has 1 unspecified atom stereocenters. The number of aryl methyl sites for hydroxylation is 1. The molecule has 1 aliphatic rings. The summed E-state index contributed by atoms with van der Waals surface area (Å²) in [4.78, 5) is 44.5. The number of nitrogens with one attached hydrogen (secondary N) is 2. The van der Waals surface area contributed by atoms with Gasteiger partial charge in [-0.2, -0.15) is 0 Å². The molecule has 2 N–H and O–H groups in total. The maximum atomic E-state index is 13.2. The van der Waals surface area contributed by atoms with Crippen LogP contribution in [-0.4, -0.2) is 53.3 Å². The van der Waals surface area contributed by atoms with Gasteiger partial charge in [0, 0.05) is 30.0 Å². The molecule has 3 amide bonds. The van der Waals surface area contributed by atoms with Gasteiger partial charge in [0.2, 0.25) is 11.8 Å². The Bertz CT molecular complexity index is 965. The van der Waals surface area contributed by atoms with E-state index in [0.29, 0.717) is 49.0 Å². The second-order valence-corrected chi connectivity index (χ2v) is 9.39. The molecule has 0 aliphatic carbocycles. The molecule has 1 atom stereocenters. The number of anilines is 1. The van der Waals surface area contributed by atoms with E-state index in [0.717, 1.165) is 5.69 Å². The zero-order chi connectivity index (χ0) is 24.0. The molecular weight excluding hydrogens is 440 g/mol. The highest BCUT2D eigenvalue weighted by Crippen LogP contribution is 2.22. The molecule has 1 aromatic carbocycles. The number of carbonyl (C=O) groups excluding carboxylic acids is 3. The van der Waals surface area contributed by atoms with Crippen molar-refractivity contribution < 1.29 is 19.1 Å². The topological polar surface area (TPSA) is 101 Å². The quantitative estimate of drug-likeness (QED) is 0.613. The number of ether oxygens (including phenoxy) is 1. The Morgan fingerprint density at radius 3 is 2.39 bits per heavy atom. The molecule has 178 valence electrons. The summed E-state index contributed by atoms with van der Waals surface area (Å²) in [6, 6.07) is 6.24. The van der Waals surface area contributed by atoms with Crippen LogP contribution in [0.4, 0.5) is 5.13 Å². The van der Waals surface area contributed by atoms with Crippen LogP contribution in [0, 0.1) is 18.8 Å². The summed E-state index contributed by atoms with van der Waals surface area (Å²) in [5, 5.41) is 8.26. The Morgan fingerprint density at radius 2 is 1.85 bits per heavy atom. The van der Waals surface area contributed by atoms with Crippen LogP contribution in [0.5, 0.6) is 5.75 Å². The van der Waals surface area contributed by atoms with E-state index in [9.17, 15) is 14.4 Å². The number of benzene rings is 1. The predicted molar refractivity (Wildman–Crippen MR) is 128 cm³/mol. The molecule has 1 fully saturated rings. The molecule has 0 spiro atoms. The summed E-state index contributed by atoms with van der Waals surface area (Å²) >= 11 is 1.41. The van der Waals surface area contributed by atoms with E-state index in [1.165, 1.54) is 11.3 Å². The van der Waals surface area contributed by atoms with Crippen molar-refractivity contribution in [3.63, 3.8) is 0 Å². The Balaban J connectivity index is 1.55. The highest BCUT2D eigenvalue weighted by Gasteiger charge is 2.33. The molecular formula is C24H32N4O4S. The number of aromatic nitrogens is 1. The Kier molecular flexibility index (Phi) is 8.43. The predicted octanol–water partition coefficient (Wildman–Crippen LogP) is 3.48. The summed E-state index contributed by atoms with van der Waals surface area (Å²) in [7, 11) is 0. The zero-order valence-electron chi connectivity index (χ0n) is 19.6. The summed E-state index contributed by atoms with van der Waals surface area (Å²) in [5.41, 5.74) is 1.35. The van der Waals surface area contributed by atoms with Crippen molar-refractivity contribution in [1.82, 2.24) is 15.2 Å². The molecule has 2 heterocycles. The molecule has 0 bridgehead atoms. The van der Waals surface area contributed by atoms with Crippen LogP contribution in [0.2, 0.25) is 0 Å². The van der Waals surface area contributed by atoms with Gasteiger partial charge in [-0.05, 0) is 56.9 Å². The van der Waals surface area contributed by atoms with Gasteiger partial charge >= 0.3 is 0 Å². The van der Waals surface area contributed by atoms with E-state index >= 15 is 0 Å². The lowest BCUT2D eigenvalue weighted by Gasteiger charge is -2.35. The number of hydrogen-bond donors (Lipinski definition) is 2. The minimum absolute atomic E-state index is 0.0549. The van der Waals surface area contributed by atoms with Gasteiger partial charge in [-0.25, -0.2) is 4.98 Å². The number of likely N-dealkylation sites (tertiary alicyclic amines) is 1. The van der Waals surface area contributed by atoms with Crippen LogP contribution in [0.25, 0.3) is 0 Å². The molecule has 8 nitrogen and oxygen atoms in total. The van der Waals surface area contributed by atoms with Crippen LogP contribution >= 0.6 is 11.3 Å². The third-order valence-electron chi connectivity index (χ3n) is 5.67. The monoisotopic (exact) mass is 472 g/mol. The second kappa shape index (κ2) is 11.3. The lowest BCUT2D eigenvalue weighted by Crippen LogP contribution is -2.53. The number of thiazole rings is 1. The van der Waals surface area contributed by atoms with Crippen molar-refractivity contribution in [1.29, 1.82) is 0 Å². The minimum Gasteiger partial charge on any atom is -0.494 e. The van der Waals surface area contributed by atoms with Crippen LogP contribution in [0.3, 0.4) is 0 Å². The van der Waals surface area contributed by atoms with E-state index in [-0.39, 0.29) is 29.6 Å². The van der Waals surface area contributed by atoms with E-state index in [2.05, 4.69) is 15.6 Å². The van der Waals surface area contributed by atoms with Crippen LogP contribution in [0.15, 0.2) is 29.6 Å². The van der Waals surface area contributed by atoms with Gasteiger partial charge in [-0.1, -0.05) is 13.8 Å². The van der Waals surface area contributed by atoms with Crippen molar-refractivity contribution in [2.45, 2.75) is 46.6 Å². The Hall–Kier alpha value is -2.94. The van der Waals surface area contributed by atoms with Gasteiger partial charge in [0.05, 0.1) is 12.3 Å². The first-order valence-electron chi connectivity index (χ1n) is 11.3. The summed E-state index contributed by atoms with van der Waals surface area (Å²) in [6.07, 6.45) is 1.17. The van der Waals surface area contributed by atoms with Gasteiger partial charge in [-0.3, -0.25) is 14.4 Å². The first-order valence-corrected chi connectivity index (χ1v) is 12.2. The SMILES string of the molecule is CCOc1ccc(C(=O)NC(C(=O)N2CCC(C(=O)Nc3nc(C)cs3)CC2)C(C)C)cc1. The average Bonchev–Trinajstić information content (AvgIpc) is 3.21. The second-order valence-electron chi connectivity index (χ2n) is 8.54. The number of nitrogens with zero attached hydrogens (tertiary/aromatic N) is 2. The fourth-order valence-electron chi connectivity index (χ4n) is 3.78. The average molecular weight is 473 g/mol. The maximum Gasteiger partial charge on any atom is 0.251 e. The normalized spacial score (nSPS) is 15.2. The van der Waals surface area contributed by atoms with Crippen LogP contribution < -0.4 is 15.4 Å². The third-order valence-corrected chi connectivity index (χ3v) is 6.55. The first kappa shape index (κ1) is 24.7. The fraction of sp³-hybridized carbons (Fsp3) is 0.500. The number of amides is 3. The summed E-state index contributed by atoms with van der Waals surface area (Å²) in [5.74, 6) is 0.00686. The lowest BCUT2D eigenvalue weighted by atomic mass is 9.94. The number of rotatable bonds is 8. The highest BCUT2D eigenvalue weighted by molar-refractivity contribution is 7.13. The van der Waals surface area contributed by atoms with Crippen molar-refractivity contribution in [2.75, 3.05) is 25.0 Å². The molecule has 9 heteroatoms. The largest absolute Gasteiger partial charge is 0.494 e. The third kappa shape index (κ3) is 6.54. The molecule has 2 aromatic rings.